The lowest BCUT2D eigenvalue weighted by Gasteiger charge is -2.22. The zero-order chi connectivity index (χ0) is 26.6. The van der Waals surface area contributed by atoms with E-state index in [-0.39, 0.29) is 35.9 Å². The first-order chi connectivity index (χ1) is 18.5. The summed E-state index contributed by atoms with van der Waals surface area (Å²) in [5.41, 5.74) is 3.34. The molecule has 0 spiro atoms. The van der Waals surface area contributed by atoms with Crippen molar-refractivity contribution in [3.05, 3.63) is 83.8 Å². The summed E-state index contributed by atoms with van der Waals surface area (Å²) >= 11 is 1.47. The molecule has 0 unspecified atom stereocenters. The number of aromatic nitrogens is 2. The first-order valence-electron chi connectivity index (χ1n) is 12.1. The number of thioether (sulfide) groups is 1. The molecule has 3 heterocycles. The maximum atomic E-state index is 13.5. The molecule has 2 aromatic heterocycles. The second-order valence-electron chi connectivity index (χ2n) is 8.71. The standard InChI is InChI=1S/C28H28N4O5S/c1-31-28-25(26(30-31)18-8-5-4-6-9-18)27(21-14-19(35-2)11-12-22(21)36-3)38-17-24(34)32(28)16-23(33)29-15-20-10-7-13-37-20/h4-14,27H,15-17H2,1-3H3,(H,29,33)/t27-/m0/s1. The van der Waals surface area contributed by atoms with E-state index in [0.29, 0.717) is 23.1 Å². The molecule has 4 aromatic rings. The van der Waals surface area contributed by atoms with Gasteiger partial charge in [-0.1, -0.05) is 30.3 Å². The van der Waals surface area contributed by atoms with Gasteiger partial charge in [0.25, 0.3) is 0 Å². The molecule has 0 fully saturated rings. The minimum Gasteiger partial charge on any atom is -0.497 e. The van der Waals surface area contributed by atoms with Gasteiger partial charge in [0.2, 0.25) is 11.8 Å². The summed E-state index contributed by atoms with van der Waals surface area (Å²) in [4.78, 5) is 28.0. The molecule has 2 amide bonds. The van der Waals surface area contributed by atoms with Crippen LogP contribution in [0.25, 0.3) is 11.3 Å². The molecule has 38 heavy (non-hydrogen) atoms. The fourth-order valence-electron chi connectivity index (χ4n) is 4.59. The van der Waals surface area contributed by atoms with E-state index in [1.165, 1.54) is 16.7 Å². The van der Waals surface area contributed by atoms with Gasteiger partial charge < -0.3 is 19.2 Å². The van der Waals surface area contributed by atoms with Gasteiger partial charge in [0.1, 0.15) is 29.6 Å². The van der Waals surface area contributed by atoms with E-state index in [9.17, 15) is 9.59 Å². The van der Waals surface area contributed by atoms with Gasteiger partial charge in [-0.25, -0.2) is 0 Å². The molecule has 1 aliphatic heterocycles. The van der Waals surface area contributed by atoms with Gasteiger partial charge in [-0.15, -0.1) is 11.8 Å². The smallest absolute Gasteiger partial charge is 0.240 e. The van der Waals surface area contributed by atoms with Crippen molar-refractivity contribution >= 4 is 29.4 Å². The number of carbonyl (C=O) groups excluding carboxylic acids is 2. The van der Waals surface area contributed by atoms with Gasteiger partial charge in [-0.3, -0.25) is 19.2 Å². The maximum Gasteiger partial charge on any atom is 0.240 e. The predicted molar refractivity (Wildman–Crippen MR) is 145 cm³/mol. The number of fused-ring (bicyclic) bond motifs is 1. The van der Waals surface area contributed by atoms with Gasteiger partial charge in [-0.05, 0) is 30.3 Å². The summed E-state index contributed by atoms with van der Waals surface area (Å²) in [6.45, 7) is 0.0859. The van der Waals surface area contributed by atoms with Crippen LogP contribution in [0.15, 0.2) is 71.3 Å². The van der Waals surface area contributed by atoms with Crippen LogP contribution in [0, 0.1) is 0 Å². The molecular formula is C28H28N4O5S. The zero-order valence-electron chi connectivity index (χ0n) is 21.3. The molecular weight excluding hydrogens is 504 g/mol. The molecule has 0 bridgehead atoms. The van der Waals surface area contributed by atoms with E-state index < -0.39 is 0 Å². The number of amides is 2. The first kappa shape index (κ1) is 25.5. The van der Waals surface area contributed by atoms with Crippen LogP contribution in [0.5, 0.6) is 11.5 Å². The summed E-state index contributed by atoms with van der Waals surface area (Å²) in [5.74, 6) is 2.24. The lowest BCUT2D eigenvalue weighted by molar-refractivity contribution is -0.123. The third-order valence-corrected chi connectivity index (χ3v) is 7.59. The van der Waals surface area contributed by atoms with Gasteiger partial charge in [0, 0.05) is 23.7 Å². The highest BCUT2D eigenvalue weighted by molar-refractivity contribution is 8.00. The van der Waals surface area contributed by atoms with Crippen LogP contribution in [0.3, 0.4) is 0 Å². The average Bonchev–Trinajstić information content (AvgIpc) is 3.55. The quantitative estimate of drug-likeness (QED) is 0.363. The number of benzene rings is 2. The third-order valence-electron chi connectivity index (χ3n) is 6.35. The fraction of sp³-hybridized carbons (Fsp3) is 0.250. The van der Waals surface area contributed by atoms with Crippen molar-refractivity contribution in [1.29, 1.82) is 0 Å². The normalized spacial score (nSPS) is 15.1. The summed E-state index contributed by atoms with van der Waals surface area (Å²) < 4.78 is 18.2. The molecule has 1 atom stereocenters. The lowest BCUT2D eigenvalue weighted by atomic mass is 9.98. The summed E-state index contributed by atoms with van der Waals surface area (Å²) in [6.07, 6.45) is 1.55. The van der Waals surface area contributed by atoms with Crippen LogP contribution < -0.4 is 19.7 Å². The molecule has 2 aromatic carbocycles. The largest absolute Gasteiger partial charge is 0.497 e. The molecule has 0 saturated heterocycles. The van der Waals surface area contributed by atoms with Crippen LogP contribution in [0.4, 0.5) is 5.82 Å². The minimum atomic E-state index is -0.306. The van der Waals surface area contributed by atoms with Crippen molar-refractivity contribution in [2.45, 2.75) is 11.8 Å². The van der Waals surface area contributed by atoms with E-state index in [1.54, 1.807) is 44.3 Å². The monoisotopic (exact) mass is 532 g/mol. The first-order valence-corrected chi connectivity index (χ1v) is 13.1. The minimum absolute atomic E-state index is 0.150. The van der Waals surface area contributed by atoms with E-state index in [0.717, 1.165) is 22.4 Å². The number of ether oxygens (including phenoxy) is 2. The molecule has 1 aliphatic rings. The summed E-state index contributed by atoms with van der Waals surface area (Å²) in [7, 11) is 5.03. The number of nitrogens with zero attached hydrogens (tertiary/aromatic N) is 3. The van der Waals surface area contributed by atoms with E-state index in [4.69, 9.17) is 19.0 Å². The second-order valence-corrected chi connectivity index (χ2v) is 9.80. The number of anilines is 1. The number of aryl methyl sites for hydroxylation is 1. The highest BCUT2D eigenvalue weighted by Crippen LogP contribution is 2.50. The highest BCUT2D eigenvalue weighted by atomic mass is 32.2. The number of hydrogen-bond donors (Lipinski definition) is 1. The molecule has 0 saturated carbocycles. The van der Waals surface area contributed by atoms with Crippen molar-refractivity contribution in [3.8, 4) is 22.8 Å². The van der Waals surface area contributed by atoms with Crippen molar-refractivity contribution in [2.24, 2.45) is 7.05 Å². The Morgan fingerprint density at radius 2 is 1.95 bits per heavy atom. The Morgan fingerprint density at radius 1 is 1.13 bits per heavy atom. The van der Waals surface area contributed by atoms with Crippen molar-refractivity contribution in [1.82, 2.24) is 15.1 Å². The SMILES string of the molecule is COc1ccc(OC)c([C@@H]2SCC(=O)N(CC(=O)NCc3ccco3)c3c2c(-c2ccccc2)nn3C)c1. The third kappa shape index (κ3) is 4.99. The van der Waals surface area contributed by atoms with Crippen molar-refractivity contribution in [3.63, 3.8) is 0 Å². The molecule has 0 aliphatic carbocycles. The van der Waals surface area contributed by atoms with Crippen molar-refractivity contribution in [2.75, 3.05) is 31.4 Å². The molecule has 5 rings (SSSR count). The van der Waals surface area contributed by atoms with Crippen LogP contribution in [0.1, 0.15) is 22.1 Å². The molecule has 0 radical (unpaired) electrons. The number of rotatable bonds is 8. The maximum absolute atomic E-state index is 13.5. The van der Waals surface area contributed by atoms with Gasteiger partial charge in [0.05, 0.1) is 43.7 Å². The van der Waals surface area contributed by atoms with Crippen LogP contribution >= 0.6 is 11.8 Å². The predicted octanol–water partition coefficient (Wildman–Crippen LogP) is 4.18. The molecule has 9 nitrogen and oxygen atoms in total. The summed E-state index contributed by atoms with van der Waals surface area (Å²) in [6, 6.07) is 19.0. The Bertz CT molecular complexity index is 1440. The average molecular weight is 533 g/mol. The molecule has 1 N–H and O–H groups in total. The summed E-state index contributed by atoms with van der Waals surface area (Å²) in [5, 5.41) is 7.38. The molecule has 196 valence electrons. The van der Waals surface area contributed by atoms with Crippen LogP contribution in [-0.4, -0.2) is 48.1 Å². The van der Waals surface area contributed by atoms with E-state index in [2.05, 4.69) is 5.32 Å². The van der Waals surface area contributed by atoms with Crippen LogP contribution in [0.2, 0.25) is 0 Å². The fourth-order valence-corrected chi connectivity index (χ4v) is 5.80. The van der Waals surface area contributed by atoms with Gasteiger partial charge in [0.15, 0.2) is 0 Å². The van der Waals surface area contributed by atoms with E-state index >= 15 is 0 Å². The number of nitrogens with one attached hydrogen (secondary N) is 1. The van der Waals surface area contributed by atoms with Gasteiger partial charge >= 0.3 is 0 Å². The Morgan fingerprint density at radius 3 is 2.66 bits per heavy atom. The van der Waals surface area contributed by atoms with Crippen LogP contribution in [-0.2, 0) is 23.2 Å². The second kappa shape index (κ2) is 11.1. The van der Waals surface area contributed by atoms with Crippen molar-refractivity contribution < 1.29 is 23.5 Å². The Balaban J connectivity index is 1.61. The lowest BCUT2D eigenvalue weighted by Crippen LogP contribution is -2.42. The number of carbonyl (C=O) groups is 2. The Kier molecular flexibility index (Phi) is 7.41. The number of furan rings is 1. The highest BCUT2D eigenvalue weighted by Gasteiger charge is 2.37. The zero-order valence-corrected chi connectivity index (χ0v) is 22.2. The van der Waals surface area contributed by atoms with Gasteiger partial charge in [-0.2, -0.15) is 5.10 Å². The Labute approximate surface area is 224 Å². The topological polar surface area (TPSA) is 98.8 Å². The number of hydrogen-bond acceptors (Lipinski definition) is 7. The van der Waals surface area contributed by atoms with E-state index in [1.807, 2.05) is 48.5 Å². The Hall–Kier alpha value is -4.18. The number of methoxy groups -OCH3 is 2. The molecule has 10 heteroatoms.